The van der Waals surface area contributed by atoms with E-state index in [1.807, 2.05) is 0 Å². The molecular formula is C21H35N3O7. The molecule has 10 nitrogen and oxygen atoms in total. The van der Waals surface area contributed by atoms with Gasteiger partial charge in [0, 0.05) is 26.7 Å². The zero-order valence-corrected chi connectivity index (χ0v) is 18.3. The largest absolute Gasteiger partial charge is 0.384 e. The van der Waals surface area contributed by atoms with Crippen molar-refractivity contribution in [2.24, 2.45) is 5.41 Å². The minimum atomic E-state index is -0.623. The summed E-state index contributed by atoms with van der Waals surface area (Å²) >= 11 is 0. The maximum Gasteiger partial charge on any atom is 0.243 e. The van der Waals surface area contributed by atoms with Crippen LogP contribution in [0.4, 0.5) is 0 Å². The fraction of sp³-hybridized carbons (Fsp3) is 0.571. The molecule has 0 heterocycles. The lowest BCUT2D eigenvalue weighted by Gasteiger charge is -2.32. The van der Waals surface area contributed by atoms with E-state index < -0.39 is 5.41 Å². The summed E-state index contributed by atoms with van der Waals surface area (Å²) in [5.41, 5.74) is -0.623. The molecule has 0 saturated heterocycles. The number of hydrogen-bond donors (Lipinski definition) is 3. The van der Waals surface area contributed by atoms with E-state index in [0.29, 0.717) is 26.2 Å². The van der Waals surface area contributed by atoms with E-state index in [4.69, 9.17) is 18.9 Å². The van der Waals surface area contributed by atoms with Gasteiger partial charge in [0.1, 0.15) is 0 Å². The van der Waals surface area contributed by atoms with Gasteiger partial charge in [0.2, 0.25) is 17.7 Å². The first kappa shape index (κ1) is 28.5. The monoisotopic (exact) mass is 441 g/mol. The van der Waals surface area contributed by atoms with Crippen molar-refractivity contribution in [1.29, 1.82) is 0 Å². The van der Waals surface area contributed by atoms with Crippen molar-refractivity contribution in [1.82, 2.24) is 16.0 Å². The average Bonchev–Trinajstić information content (AvgIpc) is 2.77. The van der Waals surface area contributed by atoms with Gasteiger partial charge in [0.05, 0.1) is 51.7 Å². The predicted octanol–water partition coefficient (Wildman–Crippen LogP) is -0.424. The number of carbonyl (C=O) groups is 3. The van der Waals surface area contributed by atoms with Gasteiger partial charge in [0.25, 0.3) is 0 Å². The smallest absolute Gasteiger partial charge is 0.243 e. The Kier molecular flexibility index (Phi) is 16.8. The second-order valence-electron chi connectivity index (χ2n) is 6.58. The van der Waals surface area contributed by atoms with E-state index in [0.717, 1.165) is 0 Å². The van der Waals surface area contributed by atoms with Crippen LogP contribution in [0.3, 0.4) is 0 Å². The first-order valence-corrected chi connectivity index (χ1v) is 9.86. The van der Waals surface area contributed by atoms with Crippen molar-refractivity contribution >= 4 is 17.7 Å². The lowest BCUT2D eigenvalue weighted by molar-refractivity contribution is -0.117. The minimum Gasteiger partial charge on any atom is -0.384 e. The van der Waals surface area contributed by atoms with E-state index >= 15 is 0 Å². The van der Waals surface area contributed by atoms with Crippen molar-refractivity contribution < 1.29 is 33.3 Å². The van der Waals surface area contributed by atoms with Crippen LogP contribution in [0.15, 0.2) is 38.0 Å². The minimum absolute atomic E-state index is 0.253. The molecule has 0 aliphatic carbocycles. The number of carbonyl (C=O) groups excluding carboxylic acids is 3. The third-order valence-electron chi connectivity index (χ3n) is 3.87. The predicted molar refractivity (Wildman–Crippen MR) is 116 cm³/mol. The van der Waals surface area contributed by atoms with Gasteiger partial charge in [-0.05, 0) is 18.2 Å². The lowest BCUT2D eigenvalue weighted by atomic mass is 9.92. The van der Waals surface area contributed by atoms with Crippen molar-refractivity contribution in [2.45, 2.75) is 0 Å². The molecule has 3 N–H and O–H groups in total. The highest BCUT2D eigenvalue weighted by atomic mass is 16.5. The fourth-order valence-corrected chi connectivity index (χ4v) is 2.38. The third-order valence-corrected chi connectivity index (χ3v) is 3.87. The summed E-state index contributed by atoms with van der Waals surface area (Å²) < 4.78 is 22.5. The molecule has 3 amide bonds. The standard InChI is InChI=1S/C21H35N3O7/c1-5-18(25)22-8-11-29-15-21(14-28-4,16-30-12-9-23-19(26)6-2)17-31-13-10-24-20(27)7-3/h5-7H,1-3,8-17H2,4H3,(H,22,25)(H,23,26)(H,24,27). The topological polar surface area (TPSA) is 124 Å². The summed E-state index contributed by atoms with van der Waals surface area (Å²) in [5.74, 6) is -0.829. The van der Waals surface area contributed by atoms with E-state index in [1.165, 1.54) is 18.2 Å². The maximum atomic E-state index is 11.2. The Morgan fingerprint density at radius 2 is 1.00 bits per heavy atom. The normalized spacial score (nSPS) is 10.7. The lowest BCUT2D eigenvalue weighted by Crippen LogP contribution is -2.43. The Balaban J connectivity index is 4.67. The molecule has 0 spiro atoms. The van der Waals surface area contributed by atoms with Crippen molar-refractivity contribution in [3.63, 3.8) is 0 Å². The molecule has 0 saturated carbocycles. The van der Waals surface area contributed by atoms with Gasteiger partial charge in [-0.25, -0.2) is 0 Å². The summed E-state index contributed by atoms with van der Waals surface area (Å²) in [7, 11) is 1.56. The zero-order chi connectivity index (χ0) is 23.4. The van der Waals surface area contributed by atoms with Crippen LogP contribution >= 0.6 is 0 Å². The van der Waals surface area contributed by atoms with Crippen molar-refractivity contribution in [3.8, 4) is 0 Å². The Morgan fingerprint density at radius 3 is 1.26 bits per heavy atom. The van der Waals surface area contributed by atoms with Crippen LogP contribution in [-0.2, 0) is 33.3 Å². The molecule has 31 heavy (non-hydrogen) atoms. The van der Waals surface area contributed by atoms with Crippen LogP contribution < -0.4 is 16.0 Å². The molecule has 0 aliphatic heterocycles. The number of amides is 3. The van der Waals surface area contributed by atoms with E-state index in [1.54, 1.807) is 7.11 Å². The molecule has 10 heteroatoms. The molecule has 0 radical (unpaired) electrons. The number of nitrogens with one attached hydrogen (secondary N) is 3. The summed E-state index contributed by atoms with van der Waals surface area (Å²) in [4.78, 5) is 33.6. The highest BCUT2D eigenvalue weighted by Gasteiger charge is 2.32. The Bertz CT molecular complexity index is 507. The fourth-order valence-electron chi connectivity index (χ4n) is 2.38. The second kappa shape index (κ2) is 18.3. The first-order valence-electron chi connectivity index (χ1n) is 9.86. The average molecular weight is 442 g/mol. The number of ether oxygens (including phenoxy) is 4. The molecule has 0 atom stereocenters. The molecular weight excluding hydrogens is 406 g/mol. The highest BCUT2D eigenvalue weighted by Crippen LogP contribution is 2.20. The van der Waals surface area contributed by atoms with Gasteiger partial charge in [-0.15, -0.1) is 0 Å². The molecule has 0 rings (SSSR count). The summed E-state index contributed by atoms with van der Waals surface area (Å²) in [5, 5.41) is 7.89. The van der Waals surface area contributed by atoms with E-state index in [-0.39, 0.29) is 57.4 Å². The first-order chi connectivity index (χ1) is 14.9. The highest BCUT2D eigenvalue weighted by molar-refractivity contribution is 5.87. The molecule has 0 fully saturated rings. The van der Waals surface area contributed by atoms with Crippen molar-refractivity contribution in [3.05, 3.63) is 38.0 Å². The van der Waals surface area contributed by atoms with Crippen LogP contribution in [0.25, 0.3) is 0 Å². The summed E-state index contributed by atoms with van der Waals surface area (Å²) in [6.45, 7) is 13.1. The van der Waals surface area contributed by atoms with Gasteiger partial charge in [-0.2, -0.15) is 0 Å². The van der Waals surface area contributed by atoms with E-state index in [9.17, 15) is 14.4 Å². The SMILES string of the molecule is C=CC(=O)NCCOCC(COC)(COCCNC(=O)C=C)COCCNC(=O)C=C. The van der Waals surface area contributed by atoms with Crippen LogP contribution in [-0.4, -0.2) is 90.7 Å². The van der Waals surface area contributed by atoms with E-state index in [2.05, 4.69) is 35.7 Å². The number of hydrogen-bond acceptors (Lipinski definition) is 7. The number of methoxy groups -OCH3 is 1. The second-order valence-corrected chi connectivity index (χ2v) is 6.58. The van der Waals surface area contributed by atoms with Gasteiger partial charge < -0.3 is 34.9 Å². The third kappa shape index (κ3) is 15.0. The molecule has 176 valence electrons. The van der Waals surface area contributed by atoms with Gasteiger partial charge in [-0.3, -0.25) is 14.4 Å². The summed E-state index contributed by atoms with van der Waals surface area (Å²) in [6, 6.07) is 0. The van der Waals surface area contributed by atoms with Crippen LogP contribution in [0, 0.1) is 5.41 Å². The molecule has 0 aromatic heterocycles. The quantitative estimate of drug-likeness (QED) is 0.173. The van der Waals surface area contributed by atoms with Crippen LogP contribution in [0.5, 0.6) is 0 Å². The van der Waals surface area contributed by atoms with Gasteiger partial charge in [-0.1, -0.05) is 19.7 Å². The molecule has 0 unspecified atom stereocenters. The zero-order valence-electron chi connectivity index (χ0n) is 18.3. The maximum absolute atomic E-state index is 11.2. The molecule has 0 aromatic carbocycles. The van der Waals surface area contributed by atoms with Gasteiger partial charge in [0.15, 0.2) is 0 Å². The Labute approximate surface area is 184 Å². The molecule has 0 bridgehead atoms. The molecule has 0 aliphatic rings. The van der Waals surface area contributed by atoms with Crippen LogP contribution in [0.1, 0.15) is 0 Å². The Morgan fingerprint density at radius 1 is 0.677 bits per heavy atom. The van der Waals surface area contributed by atoms with Crippen LogP contribution in [0.2, 0.25) is 0 Å². The summed E-state index contributed by atoms with van der Waals surface area (Å²) in [6.07, 6.45) is 3.56. The van der Waals surface area contributed by atoms with Gasteiger partial charge >= 0.3 is 0 Å². The Hall–Kier alpha value is -2.53. The van der Waals surface area contributed by atoms with Crippen molar-refractivity contribution in [2.75, 3.05) is 73.0 Å². The number of rotatable bonds is 20. The molecule has 0 aromatic rings.